The standard InChI is InChI=1S/C11H15F2N.ClH/c1-3-14-8(2)6-9-4-5-10(12)11(13)7-9;/h4-5,7-8,14H,3,6H2,1-2H3;1H. The molecule has 0 radical (unpaired) electrons. The second-order valence-corrected chi connectivity index (χ2v) is 3.41. The number of halogens is 3. The maximum Gasteiger partial charge on any atom is 0.159 e. The Kier molecular flexibility index (Phi) is 6.45. The summed E-state index contributed by atoms with van der Waals surface area (Å²) in [6.07, 6.45) is 0.713. The summed E-state index contributed by atoms with van der Waals surface area (Å²) in [5.74, 6) is -1.56. The van der Waals surface area contributed by atoms with Crippen molar-refractivity contribution in [2.75, 3.05) is 6.54 Å². The fraction of sp³-hybridized carbons (Fsp3) is 0.455. The van der Waals surface area contributed by atoms with Gasteiger partial charge in [-0.05, 0) is 37.6 Å². The highest BCUT2D eigenvalue weighted by molar-refractivity contribution is 5.85. The molecule has 0 aliphatic rings. The number of rotatable bonds is 4. The predicted molar refractivity (Wildman–Crippen MR) is 60.4 cm³/mol. The molecule has 86 valence electrons. The second-order valence-electron chi connectivity index (χ2n) is 3.41. The maximum absolute atomic E-state index is 12.8. The lowest BCUT2D eigenvalue weighted by atomic mass is 10.1. The summed E-state index contributed by atoms with van der Waals surface area (Å²) in [5.41, 5.74) is 0.817. The molecule has 4 heteroatoms. The van der Waals surface area contributed by atoms with Crippen LogP contribution in [0.15, 0.2) is 18.2 Å². The Bertz CT molecular complexity index is 305. The fourth-order valence-corrected chi connectivity index (χ4v) is 1.44. The highest BCUT2D eigenvalue weighted by Gasteiger charge is 2.05. The summed E-state index contributed by atoms with van der Waals surface area (Å²) in [4.78, 5) is 0. The van der Waals surface area contributed by atoms with Crippen molar-refractivity contribution in [1.29, 1.82) is 0 Å². The minimum absolute atomic E-state index is 0. The average molecular weight is 236 g/mol. The van der Waals surface area contributed by atoms with Gasteiger partial charge >= 0.3 is 0 Å². The van der Waals surface area contributed by atoms with Crippen LogP contribution in [0.3, 0.4) is 0 Å². The zero-order chi connectivity index (χ0) is 10.6. The Hall–Kier alpha value is -0.670. The van der Waals surface area contributed by atoms with Gasteiger partial charge in [0.25, 0.3) is 0 Å². The lowest BCUT2D eigenvalue weighted by Gasteiger charge is -2.11. The first-order valence-corrected chi connectivity index (χ1v) is 4.80. The summed E-state index contributed by atoms with van der Waals surface area (Å²) >= 11 is 0. The third-order valence-corrected chi connectivity index (χ3v) is 2.08. The number of nitrogens with one attached hydrogen (secondary N) is 1. The molecule has 0 spiro atoms. The molecule has 1 unspecified atom stereocenters. The molecule has 0 fully saturated rings. The van der Waals surface area contributed by atoms with E-state index in [0.29, 0.717) is 6.42 Å². The zero-order valence-corrected chi connectivity index (χ0v) is 9.70. The van der Waals surface area contributed by atoms with Crippen LogP contribution in [0.4, 0.5) is 8.78 Å². The molecule has 1 aromatic carbocycles. The Morgan fingerprint density at radius 2 is 1.93 bits per heavy atom. The number of hydrogen-bond donors (Lipinski definition) is 1. The molecule has 0 aliphatic heterocycles. The van der Waals surface area contributed by atoms with E-state index < -0.39 is 11.6 Å². The number of benzene rings is 1. The van der Waals surface area contributed by atoms with Gasteiger partial charge in [-0.2, -0.15) is 0 Å². The molecule has 0 saturated carbocycles. The van der Waals surface area contributed by atoms with Crippen LogP contribution in [-0.4, -0.2) is 12.6 Å². The van der Waals surface area contributed by atoms with Crippen molar-refractivity contribution in [2.24, 2.45) is 0 Å². The van der Waals surface area contributed by atoms with E-state index in [1.54, 1.807) is 6.07 Å². The minimum atomic E-state index is -0.787. The van der Waals surface area contributed by atoms with Gasteiger partial charge in [-0.3, -0.25) is 0 Å². The molecule has 0 saturated heterocycles. The molecule has 1 atom stereocenters. The summed E-state index contributed by atoms with van der Waals surface area (Å²) in [6.45, 7) is 4.91. The summed E-state index contributed by atoms with van der Waals surface area (Å²) < 4.78 is 25.4. The van der Waals surface area contributed by atoms with E-state index in [1.165, 1.54) is 12.1 Å². The van der Waals surface area contributed by atoms with Gasteiger partial charge in [0, 0.05) is 6.04 Å². The number of likely N-dealkylation sites (N-methyl/N-ethyl adjacent to an activating group) is 1. The molecule has 1 aromatic rings. The van der Waals surface area contributed by atoms with Crippen LogP contribution >= 0.6 is 12.4 Å². The van der Waals surface area contributed by atoms with E-state index in [9.17, 15) is 8.78 Å². The van der Waals surface area contributed by atoms with Crippen molar-refractivity contribution in [2.45, 2.75) is 26.3 Å². The third-order valence-electron chi connectivity index (χ3n) is 2.08. The molecule has 1 nitrogen and oxygen atoms in total. The molecule has 1 N–H and O–H groups in total. The SMILES string of the molecule is CCNC(C)Cc1ccc(F)c(F)c1.Cl. The largest absolute Gasteiger partial charge is 0.314 e. The van der Waals surface area contributed by atoms with Crippen LogP contribution in [0.2, 0.25) is 0 Å². The summed E-state index contributed by atoms with van der Waals surface area (Å²) in [6, 6.07) is 4.32. The van der Waals surface area contributed by atoms with Gasteiger partial charge in [-0.25, -0.2) is 8.78 Å². The van der Waals surface area contributed by atoms with Crippen LogP contribution in [-0.2, 0) is 6.42 Å². The number of hydrogen-bond acceptors (Lipinski definition) is 1. The van der Waals surface area contributed by atoms with Gasteiger partial charge in [-0.15, -0.1) is 12.4 Å². The van der Waals surface area contributed by atoms with E-state index >= 15 is 0 Å². The van der Waals surface area contributed by atoms with E-state index in [0.717, 1.165) is 12.1 Å². The van der Waals surface area contributed by atoms with Crippen molar-refractivity contribution in [3.63, 3.8) is 0 Å². The Morgan fingerprint density at radius 3 is 2.47 bits per heavy atom. The second kappa shape index (κ2) is 6.75. The normalized spacial score (nSPS) is 12.0. The van der Waals surface area contributed by atoms with E-state index in [-0.39, 0.29) is 18.4 Å². The first-order valence-electron chi connectivity index (χ1n) is 4.80. The van der Waals surface area contributed by atoms with Crippen LogP contribution in [0, 0.1) is 11.6 Å². The highest BCUT2D eigenvalue weighted by atomic mass is 35.5. The van der Waals surface area contributed by atoms with Gasteiger partial charge < -0.3 is 5.32 Å². The first kappa shape index (κ1) is 14.3. The molecule has 0 amide bonds. The van der Waals surface area contributed by atoms with Gasteiger partial charge in [0.05, 0.1) is 0 Å². The van der Waals surface area contributed by atoms with E-state index in [2.05, 4.69) is 5.32 Å². The molecule has 0 aromatic heterocycles. The maximum atomic E-state index is 12.8. The Labute approximate surface area is 95.3 Å². The molecular formula is C11H16ClF2N. The highest BCUT2D eigenvalue weighted by Crippen LogP contribution is 2.10. The Balaban J connectivity index is 0.00000196. The Morgan fingerprint density at radius 1 is 1.27 bits per heavy atom. The zero-order valence-electron chi connectivity index (χ0n) is 8.89. The van der Waals surface area contributed by atoms with Crippen LogP contribution in [0.25, 0.3) is 0 Å². The summed E-state index contributed by atoms with van der Waals surface area (Å²) in [5, 5.41) is 3.21. The van der Waals surface area contributed by atoms with Crippen LogP contribution < -0.4 is 5.32 Å². The summed E-state index contributed by atoms with van der Waals surface area (Å²) in [7, 11) is 0. The van der Waals surface area contributed by atoms with Crippen LogP contribution in [0.5, 0.6) is 0 Å². The molecule has 0 aliphatic carbocycles. The van der Waals surface area contributed by atoms with Crippen molar-refractivity contribution >= 4 is 12.4 Å². The van der Waals surface area contributed by atoms with E-state index in [1.807, 2.05) is 13.8 Å². The smallest absolute Gasteiger partial charge is 0.159 e. The molecule has 0 bridgehead atoms. The lowest BCUT2D eigenvalue weighted by Crippen LogP contribution is -2.27. The first-order chi connectivity index (χ1) is 6.63. The van der Waals surface area contributed by atoms with Crippen molar-refractivity contribution in [1.82, 2.24) is 5.32 Å². The van der Waals surface area contributed by atoms with E-state index in [4.69, 9.17) is 0 Å². The minimum Gasteiger partial charge on any atom is -0.314 e. The fourth-order valence-electron chi connectivity index (χ4n) is 1.44. The van der Waals surface area contributed by atoms with Gasteiger partial charge in [0.2, 0.25) is 0 Å². The van der Waals surface area contributed by atoms with Gasteiger partial charge in [0.1, 0.15) is 0 Å². The third kappa shape index (κ3) is 4.58. The molecule has 15 heavy (non-hydrogen) atoms. The van der Waals surface area contributed by atoms with Gasteiger partial charge in [-0.1, -0.05) is 13.0 Å². The molecule has 0 heterocycles. The molecular weight excluding hydrogens is 220 g/mol. The lowest BCUT2D eigenvalue weighted by molar-refractivity contribution is 0.504. The van der Waals surface area contributed by atoms with Gasteiger partial charge in [0.15, 0.2) is 11.6 Å². The molecule has 1 rings (SSSR count). The monoisotopic (exact) mass is 235 g/mol. The topological polar surface area (TPSA) is 12.0 Å². The van der Waals surface area contributed by atoms with Crippen molar-refractivity contribution < 1.29 is 8.78 Å². The quantitative estimate of drug-likeness (QED) is 0.846. The van der Waals surface area contributed by atoms with Crippen molar-refractivity contribution in [3.05, 3.63) is 35.4 Å². The van der Waals surface area contributed by atoms with Crippen molar-refractivity contribution in [3.8, 4) is 0 Å². The predicted octanol–water partition coefficient (Wildman–Crippen LogP) is 2.93. The average Bonchev–Trinajstić information content (AvgIpc) is 2.12. The van der Waals surface area contributed by atoms with Crippen LogP contribution in [0.1, 0.15) is 19.4 Å².